The van der Waals surface area contributed by atoms with Crippen LogP contribution in [0, 0.1) is 6.92 Å². The normalized spacial score (nSPS) is 14.6. The molecule has 6 heteroatoms. The first-order valence-electron chi connectivity index (χ1n) is 11.4. The first-order valence-corrected chi connectivity index (χ1v) is 11.4. The van der Waals surface area contributed by atoms with Crippen LogP contribution in [-0.2, 0) is 16.1 Å². The number of benzene rings is 3. The van der Waals surface area contributed by atoms with Gasteiger partial charge in [-0.2, -0.15) is 0 Å². The van der Waals surface area contributed by atoms with Crippen LogP contribution in [0.4, 0.5) is 17.1 Å². The zero-order valence-corrected chi connectivity index (χ0v) is 18.9. The summed E-state index contributed by atoms with van der Waals surface area (Å²) in [5.74, 6) is -0.00851. The lowest BCUT2D eigenvalue weighted by Gasteiger charge is -2.27. The second-order valence-electron chi connectivity index (χ2n) is 8.38. The molecule has 1 atom stereocenters. The molecule has 0 aliphatic carbocycles. The van der Waals surface area contributed by atoms with Gasteiger partial charge in [-0.3, -0.25) is 9.59 Å². The van der Waals surface area contributed by atoms with Crippen molar-refractivity contribution in [3.8, 4) is 0 Å². The zero-order chi connectivity index (χ0) is 23.2. The number of hydrogen-bond acceptors (Lipinski definition) is 4. The molecule has 0 aromatic heterocycles. The molecule has 3 aromatic rings. The van der Waals surface area contributed by atoms with E-state index in [0.29, 0.717) is 18.7 Å². The number of anilines is 3. The molecule has 4 rings (SSSR count). The minimum atomic E-state index is -0.581. The highest BCUT2D eigenvalue weighted by Gasteiger charge is 2.23. The lowest BCUT2D eigenvalue weighted by molar-refractivity contribution is -0.119. The maximum atomic E-state index is 13.4. The second-order valence-corrected chi connectivity index (χ2v) is 8.38. The fraction of sp³-hybridized carbons (Fsp3) is 0.259. The van der Waals surface area contributed by atoms with E-state index < -0.39 is 6.04 Å². The number of carbonyl (C=O) groups excluding carboxylic acids is 2. The van der Waals surface area contributed by atoms with Crippen molar-refractivity contribution in [1.82, 2.24) is 0 Å². The van der Waals surface area contributed by atoms with E-state index in [1.165, 1.54) is 0 Å². The quantitative estimate of drug-likeness (QED) is 0.492. The van der Waals surface area contributed by atoms with E-state index in [0.717, 1.165) is 47.5 Å². The van der Waals surface area contributed by atoms with Crippen LogP contribution in [0.2, 0.25) is 0 Å². The fourth-order valence-electron chi connectivity index (χ4n) is 4.17. The van der Waals surface area contributed by atoms with Crippen LogP contribution in [0.5, 0.6) is 0 Å². The SMILES string of the molecule is Cc1ccccc1[C@@H](Nc1cccc(CN)c1)C(=O)Nc1ccc(N2CCCCC2=O)cc1. The van der Waals surface area contributed by atoms with Crippen LogP contribution in [0.1, 0.15) is 42.0 Å². The van der Waals surface area contributed by atoms with Gasteiger partial charge in [0.15, 0.2) is 0 Å². The van der Waals surface area contributed by atoms with Crippen LogP contribution in [-0.4, -0.2) is 18.4 Å². The fourth-order valence-corrected chi connectivity index (χ4v) is 4.17. The summed E-state index contributed by atoms with van der Waals surface area (Å²) in [6, 6.07) is 22.5. The molecule has 33 heavy (non-hydrogen) atoms. The first-order chi connectivity index (χ1) is 16.0. The molecule has 0 radical (unpaired) electrons. The average molecular weight is 443 g/mol. The smallest absolute Gasteiger partial charge is 0.251 e. The third kappa shape index (κ3) is 5.41. The predicted octanol–water partition coefficient (Wildman–Crippen LogP) is 4.76. The Bertz CT molecular complexity index is 1130. The monoisotopic (exact) mass is 442 g/mol. The van der Waals surface area contributed by atoms with Crippen molar-refractivity contribution >= 4 is 28.9 Å². The van der Waals surface area contributed by atoms with Crippen LogP contribution >= 0.6 is 0 Å². The van der Waals surface area contributed by atoms with Crippen molar-refractivity contribution in [1.29, 1.82) is 0 Å². The van der Waals surface area contributed by atoms with E-state index in [9.17, 15) is 9.59 Å². The molecule has 1 aliphatic rings. The van der Waals surface area contributed by atoms with Gasteiger partial charge in [-0.25, -0.2) is 0 Å². The number of nitrogens with zero attached hydrogens (tertiary/aromatic N) is 1. The molecule has 170 valence electrons. The van der Waals surface area contributed by atoms with Gasteiger partial charge in [0, 0.05) is 36.6 Å². The molecular weight excluding hydrogens is 412 g/mol. The summed E-state index contributed by atoms with van der Waals surface area (Å²) in [4.78, 5) is 27.4. The Balaban J connectivity index is 1.55. The van der Waals surface area contributed by atoms with E-state index in [1.54, 1.807) is 0 Å². The number of amides is 2. The molecule has 3 aromatic carbocycles. The third-order valence-electron chi connectivity index (χ3n) is 6.01. The molecular formula is C27H30N4O2. The van der Waals surface area contributed by atoms with Crippen molar-refractivity contribution in [3.05, 3.63) is 89.5 Å². The predicted molar refractivity (Wildman–Crippen MR) is 133 cm³/mol. The molecule has 1 fully saturated rings. The van der Waals surface area contributed by atoms with E-state index in [-0.39, 0.29) is 11.8 Å². The maximum absolute atomic E-state index is 13.4. The minimum absolute atomic E-state index is 0.154. The van der Waals surface area contributed by atoms with Crippen LogP contribution in [0.3, 0.4) is 0 Å². The van der Waals surface area contributed by atoms with Crippen molar-refractivity contribution in [2.24, 2.45) is 5.73 Å². The van der Waals surface area contributed by atoms with E-state index in [2.05, 4.69) is 10.6 Å². The van der Waals surface area contributed by atoms with Gasteiger partial charge in [0.1, 0.15) is 6.04 Å². The van der Waals surface area contributed by atoms with Gasteiger partial charge in [-0.05, 0) is 72.9 Å². The summed E-state index contributed by atoms with van der Waals surface area (Å²) in [5.41, 5.74) is 11.1. The Morgan fingerprint density at radius 1 is 1.00 bits per heavy atom. The van der Waals surface area contributed by atoms with Gasteiger partial charge in [0.25, 0.3) is 5.91 Å². The lowest BCUT2D eigenvalue weighted by Crippen LogP contribution is -2.35. The lowest BCUT2D eigenvalue weighted by atomic mass is 10.00. The van der Waals surface area contributed by atoms with Crippen LogP contribution in [0.15, 0.2) is 72.8 Å². The van der Waals surface area contributed by atoms with E-state index in [4.69, 9.17) is 5.73 Å². The summed E-state index contributed by atoms with van der Waals surface area (Å²) >= 11 is 0. The van der Waals surface area contributed by atoms with Crippen molar-refractivity contribution in [2.45, 2.75) is 38.8 Å². The van der Waals surface area contributed by atoms with Gasteiger partial charge in [-0.1, -0.05) is 36.4 Å². The number of nitrogens with two attached hydrogens (primary N) is 1. The van der Waals surface area contributed by atoms with E-state index >= 15 is 0 Å². The molecule has 1 heterocycles. The van der Waals surface area contributed by atoms with Crippen molar-refractivity contribution < 1.29 is 9.59 Å². The van der Waals surface area contributed by atoms with Crippen molar-refractivity contribution in [3.63, 3.8) is 0 Å². The molecule has 4 N–H and O–H groups in total. The van der Waals surface area contributed by atoms with Gasteiger partial charge in [-0.15, -0.1) is 0 Å². The molecule has 0 saturated carbocycles. The Hall–Kier alpha value is -3.64. The highest BCUT2D eigenvalue weighted by molar-refractivity contribution is 5.98. The topological polar surface area (TPSA) is 87.5 Å². The van der Waals surface area contributed by atoms with Crippen LogP contribution in [0.25, 0.3) is 0 Å². The maximum Gasteiger partial charge on any atom is 0.251 e. The summed E-state index contributed by atoms with van der Waals surface area (Å²) in [7, 11) is 0. The summed E-state index contributed by atoms with van der Waals surface area (Å²) in [6.45, 7) is 3.17. The number of nitrogens with one attached hydrogen (secondary N) is 2. The number of rotatable bonds is 7. The molecule has 1 aliphatic heterocycles. The summed E-state index contributed by atoms with van der Waals surface area (Å²) in [5, 5.41) is 6.41. The molecule has 6 nitrogen and oxygen atoms in total. The number of hydrogen-bond donors (Lipinski definition) is 3. The Morgan fingerprint density at radius 3 is 2.52 bits per heavy atom. The standard InChI is InChI=1S/C27H30N4O2/c1-19-7-2-3-10-24(19)26(29-22-9-6-8-20(17-22)18-28)27(33)30-21-12-14-23(15-13-21)31-16-5-4-11-25(31)32/h2-3,6-10,12-15,17,26,29H,4-5,11,16,18,28H2,1H3,(H,30,33)/t26-/m1/s1. The number of piperidine rings is 1. The summed E-state index contributed by atoms with van der Waals surface area (Å²) in [6.07, 6.45) is 2.55. The van der Waals surface area contributed by atoms with E-state index in [1.807, 2.05) is 84.6 Å². The highest BCUT2D eigenvalue weighted by Crippen LogP contribution is 2.26. The van der Waals surface area contributed by atoms with Gasteiger partial charge in [0.05, 0.1) is 0 Å². The van der Waals surface area contributed by atoms with Crippen molar-refractivity contribution in [2.75, 3.05) is 22.1 Å². The zero-order valence-electron chi connectivity index (χ0n) is 18.9. The minimum Gasteiger partial charge on any atom is -0.370 e. The molecule has 2 amide bonds. The number of carbonyl (C=O) groups is 2. The Morgan fingerprint density at radius 2 is 1.79 bits per heavy atom. The molecule has 0 unspecified atom stereocenters. The molecule has 1 saturated heterocycles. The Labute approximate surface area is 194 Å². The summed E-state index contributed by atoms with van der Waals surface area (Å²) < 4.78 is 0. The first kappa shape index (κ1) is 22.6. The molecule has 0 bridgehead atoms. The largest absolute Gasteiger partial charge is 0.370 e. The average Bonchev–Trinajstić information content (AvgIpc) is 2.84. The Kier molecular flexibility index (Phi) is 7.05. The highest BCUT2D eigenvalue weighted by atomic mass is 16.2. The second kappa shape index (κ2) is 10.3. The van der Waals surface area contributed by atoms with Gasteiger partial charge >= 0.3 is 0 Å². The van der Waals surface area contributed by atoms with Crippen LogP contribution < -0.4 is 21.3 Å². The van der Waals surface area contributed by atoms with Gasteiger partial charge in [0.2, 0.25) is 5.91 Å². The molecule has 0 spiro atoms. The number of aryl methyl sites for hydroxylation is 1. The third-order valence-corrected chi connectivity index (χ3v) is 6.01. The van der Waals surface area contributed by atoms with Gasteiger partial charge < -0.3 is 21.3 Å².